The first-order valence-electron chi connectivity index (χ1n) is 9.94. The molecule has 3 rings (SSSR count). The number of ether oxygens (including phenoxy) is 1. The molecule has 29 heavy (non-hydrogen) atoms. The van der Waals surface area contributed by atoms with Gasteiger partial charge in [0.25, 0.3) is 0 Å². The minimum atomic E-state index is 0. The molecular weight excluding hydrogens is 481 g/mol. The van der Waals surface area contributed by atoms with Gasteiger partial charge in [-0.05, 0) is 31.9 Å². The molecule has 1 aliphatic heterocycles. The van der Waals surface area contributed by atoms with Crippen LogP contribution in [0.25, 0.3) is 0 Å². The highest BCUT2D eigenvalue weighted by molar-refractivity contribution is 14.0. The fraction of sp³-hybridized carbons (Fsp3) is 0.524. The summed E-state index contributed by atoms with van der Waals surface area (Å²) in [6.07, 6.45) is 0.929. The van der Waals surface area contributed by atoms with Gasteiger partial charge < -0.3 is 19.5 Å². The molecule has 2 heterocycles. The second-order valence-corrected chi connectivity index (χ2v) is 7.13. The maximum atomic E-state index is 5.86. The Balaban J connectivity index is 0.00000300. The molecule has 0 bridgehead atoms. The van der Waals surface area contributed by atoms with Crippen LogP contribution in [0.1, 0.15) is 23.4 Å². The van der Waals surface area contributed by atoms with Crippen molar-refractivity contribution in [3.8, 4) is 5.75 Å². The van der Waals surface area contributed by atoms with Crippen molar-refractivity contribution in [1.82, 2.24) is 20.3 Å². The number of nitrogens with one attached hydrogen (secondary N) is 1. The summed E-state index contributed by atoms with van der Waals surface area (Å²) in [5, 5.41) is 7.55. The van der Waals surface area contributed by atoms with Crippen molar-refractivity contribution in [2.24, 2.45) is 4.99 Å². The van der Waals surface area contributed by atoms with Crippen molar-refractivity contribution in [1.29, 1.82) is 0 Å². The number of aliphatic imine (C=N–C) groups is 1. The molecule has 1 aliphatic rings. The minimum Gasteiger partial charge on any atom is -0.493 e. The molecule has 0 saturated carbocycles. The summed E-state index contributed by atoms with van der Waals surface area (Å²) in [5.41, 5.74) is 2.17. The van der Waals surface area contributed by atoms with E-state index in [9.17, 15) is 0 Å². The largest absolute Gasteiger partial charge is 0.493 e. The number of aryl methyl sites for hydroxylation is 2. The van der Waals surface area contributed by atoms with Crippen LogP contribution in [-0.4, -0.2) is 67.3 Å². The number of benzene rings is 1. The van der Waals surface area contributed by atoms with E-state index < -0.39 is 0 Å². The predicted molar refractivity (Wildman–Crippen MR) is 126 cm³/mol. The predicted octanol–water partition coefficient (Wildman–Crippen LogP) is 3.07. The van der Waals surface area contributed by atoms with Gasteiger partial charge in [-0.15, -0.1) is 24.0 Å². The molecule has 0 atom stereocenters. The third kappa shape index (κ3) is 7.18. The van der Waals surface area contributed by atoms with Crippen LogP contribution in [0, 0.1) is 13.8 Å². The molecule has 1 aromatic carbocycles. The Hall–Kier alpha value is -1.81. The number of guanidine groups is 1. The topological polar surface area (TPSA) is 66.1 Å². The average Bonchev–Trinajstić information content (AvgIpc) is 3.11. The summed E-state index contributed by atoms with van der Waals surface area (Å²) in [7, 11) is 1.84. The molecule has 2 aromatic rings. The van der Waals surface area contributed by atoms with E-state index in [1.165, 1.54) is 5.56 Å². The molecule has 1 saturated heterocycles. The molecule has 8 heteroatoms. The molecule has 1 aromatic heterocycles. The summed E-state index contributed by atoms with van der Waals surface area (Å²) in [6, 6.07) is 10.1. The highest BCUT2D eigenvalue weighted by atomic mass is 127. The van der Waals surface area contributed by atoms with Crippen molar-refractivity contribution in [2.45, 2.75) is 26.8 Å². The normalized spacial score (nSPS) is 15.1. The van der Waals surface area contributed by atoms with E-state index in [-0.39, 0.29) is 24.0 Å². The van der Waals surface area contributed by atoms with Crippen LogP contribution >= 0.6 is 24.0 Å². The first kappa shape index (κ1) is 23.5. The third-order valence-corrected chi connectivity index (χ3v) is 4.90. The highest BCUT2D eigenvalue weighted by Crippen LogP contribution is 2.16. The lowest BCUT2D eigenvalue weighted by molar-refractivity contribution is 0.169. The number of hydrogen-bond acceptors (Lipinski definition) is 5. The lowest BCUT2D eigenvalue weighted by Crippen LogP contribution is -2.52. The van der Waals surface area contributed by atoms with E-state index in [1.807, 2.05) is 38.2 Å². The number of rotatable bonds is 7. The van der Waals surface area contributed by atoms with Crippen LogP contribution in [0.3, 0.4) is 0 Å². The number of para-hydroxylation sites is 1. The maximum Gasteiger partial charge on any atom is 0.193 e. The molecule has 1 fully saturated rings. The Morgan fingerprint density at radius 2 is 1.97 bits per heavy atom. The first-order valence-corrected chi connectivity index (χ1v) is 9.94. The summed E-state index contributed by atoms with van der Waals surface area (Å²) >= 11 is 0. The molecule has 0 aliphatic carbocycles. The summed E-state index contributed by atoms with van der Waals surface area (Å²) in [4.78, 5) is 9.15. The van der Waals surface area contributed by atoms with Crippen molar-refractivity contribution in [3.63, 3.8) is 0 Å². The first-order chi connectivity index (χ1) is 13.7. The van der Waals surface area contributed by atoms with Crippen LogP contribution in [0.5, 0.6) is 5.75 Å². The molecule has 0 unspecified atom stereocenters. The van der Waals surface area contributed by atoms with Gasteiger partial charge in [-0.25, -0.2) is 0 Å². The minimum absolute atomic E-state index is 0. The molecule has 0 radical (unpaired) electrons. The SMILES string of the molecule is CN=C(NCCCOc1ccccc1C)N1CCN(Cc2cc(C)on2)CC1.I. The summed E-state index contributed by atoms with van der Waals surface area (Å²) in [6.45, 7) is 10.3. The standard InChI is InChI=1S/C21H31N5O2.HI/c1-17-7-4-5-8-20(17)27-14-6-9-23-21(22-3)26-12-10-25(11-13-26)16-19-15-18(2)28-24-19;/h4-5,7-8,15H,6,9-14,16H2,1-3H3,(H,22,23);1H. The molecule has 0 amide bonds. The van der Waals surface area contributed by atoms with Crippen molar-refractivity contribution >= 4 is 29.9 Å². The monoisotopic (exact) mass is 513 g/mol. The Bertz CT molecular complexity index is 772. The Morgan fingerprint density at radius 1 is 1.21 bits per heavy atom. The van der Waals surface area contributed by atoms with Crippen molar-refractivity contribution in [2.75, 3.05) is 46.4 Å². The van der Waals surface area contributed by atoms with Gasteiger partial charge in [-0.1, -0.05) is 23.4 Å². The van der Waals surface area contributed by atoms with E-state index in [0.29, 0.717) is 6.61 Å². The Morgan fingerprint density at radius 3 is 2.62 bits per heavy atom. The van der Waals surface area contributed by atoms with Gasteiger partial charge >= 0.3 is 0 Å². The van der Waals surface area contributed by atoms with Crippen LogP contribution < -0.4 is 10.1 Å². The van der Waals surface area contributed by atoms with E-state index in [2.05, 4.69) is 38.3 Å². The molecule has 1 N–H and O–H groups in total. The zero-order valence-electron chi connectivity index (χ0n) is 17.6. The number of piperazine rings is 1. The maximum absolute atomic E-state index is 5.86. The summed E-state index contributed by atoms with van der Waals surface area (Å²) in [5.74, 6) is 2.79. The van der Waals surface area contributed by atoms with Crippen LogP contribution in [0.2, 0.25) is 0 Å². The van der Waals surface area contributed by atoms with E-state index in [4.69, 9.17) is 9.26 Å². The second kappa shape index (κ2) is 12.0. The second-order valence-electron chi connectivity index (χ2n) is 7.13. The van der Waals surface area contributed by atoms with Crippen molar-refractivity contribution < 1.29 is 9.26 Å². The molecule has 0 spiro atoms. The van der Waals surface area contributed by atoms with Gasteiger partial charge in [0.1, 0.15) is 11.5 Å². The lowest BCUT2D eigenvalue weighted by atomic mass is 10.2. The van der Waals surface area contributed by atoms with Gasteiger partial charge in [0.05, 0.1) is 12.3 Å². The number of aromatic nitrogens is 1. The molecule has 7 nitrogen and oxygen atoms in total. The van der Waals surface area contributed by atoms with Gasteiger partial charge in [0.2, 0.25) is 0 Å². The fourth-order valence-corrected chi connectivity index (χ4v) is 3.34. The van der Waals surface area contributed by atoms with Gasteiger partial charge in [-0.3, -0.25) is 9.89 Å². The Labute approximate surface area is 190 Å². The van der Waals surface area contributed by atoms with Gasteiger partial charge in [0.15, 0.2) is 5.96 Å². The van der Waals surface area contributed by atoms with Gasteiger partial charge in [0, 0.05) is 52.4 Å². The smallest absolute Gasteiger partial charge is 0.193 e. The van der Waals surface area contributed by atoms with E-state index in [1.54, 1.807) is 0 Å². The van der Waals surface area contributed by atoms with E-state index >= 15 is 0 Å². The quantitative estimate of drug-likeness (QED) is 0.266. The van der Waals surface area contributed by atoms with Crippen LogP contribution in [-0.2, 0) is 6.54 Å². The van der Waals surface area contributed by atoms with Crippen LogP contribution in [0.15, 0.2) is 39.8 Å². The third-order valence-electron chi connectivity index (χ3n) is 4.90. The molecular formula is C21H32IN5O2. The zero-order chi connectivity index (χ0) is 19.8. The highest BCUT2D eigenvalue weighted by Gasteiger charge is 2.20. The Kier molecular flexibility index (Phi) is 9.72. The fourth-order valence-electron chi connectivity index (χ4n) is 3.34. The van der Waals surface area contributed by atoms with Gasteiger partial charge in [-0.2, -0.15) is 0 Å². The summed E-state index contributed by atoms with van der Waals surface area (Å²) < 4.78 is 11.0. The van der Waals surface area contributed by atoms with E-state index in [0.717, 1.165) is 68.9 Å². The zero-order valence-corrected chi connectivity index (χ0v) is 19.9. The number of nitrogens with zero attached hydrogens (tertiary/aromatic N) is 4. The number of hydrogen-bond donors (Lipinski definition) is 1. The van der Waals surface area contributed by atoms with Crippen molar-refractivity contribution in [3.05, 3.63) is 47.3 Å². The lowest BCUT2D eigenvalue weighted by Gasteiger charge is -2.36. The average molecular weight is 513 g/mol. The number of halogens is 1. The van der Waals surface area contributed by atoms with Crippen LogP contribution in [0.4, 0.5) is 0 Å². The molecule has 160 valence electrons.